The van der Waals surface area contributed by atoms with Crippen molar-refractivity contribution in [1.29, 1.82) is 0 Å². The van der Waals surface area contributed by atoms with Crippen LogP contribution in [0.15, 0.2) is 119 Å². The van der Waals surface area contributed by atoms with Crippen molar-refractivity contribution in [3.8, 4) is 39.0 Å². The van der Waals surface area contributed by atoms with Gasteiger partial charge in [0.25, 0.3) is 0 Å². The second-order valence-corrected chi connectivity index (χ2v) is 19.7. The van der Waals surface area contributed by atoms with E-state index in [2.05, 4.69) is 115 Å². The van der Waals surface area contributed by atoms with Crippen LogP contribution in [0.5, 0.6) is 0 Å². The van der Waals surface area contributed by atoms with Crippen molar-refractivity contribution in [3.63, 3.8) is 0 Å². The Labute approximate surface area is 388 Å². The topological polar surface area (TPSA) is 0 Å². The monoisotopic (exact) mass is 946 g/mol. The molecule has 0 saturated carbocycles. The molecule has 0 radical (unpaired) electrons. The van der Waals surface area contributed by atoms with Gasteiger partial charge in [-0.2, -0.15) is 17.0 Å². The van der Waals surface area contributed by atoms with Crippen molar-refractivity contribution in [2.24, 2.45) is 0 Å². The Kier molecular flexibility index (Phi) is 32.1. The minimum Gasteiger partial charge on any atom is -0.195 e. The van der Waals surface area contributed by atoms with E-state index >= 15 is 0 Å². The van der Waals surface area contributed by atoms with E-state index in [1.165, 1.54) is 88.5 Å². The molecule has 0 fully saturated rings. The quantitative estimate of drug-likeness (QED) is 0.102. The second-order valence-electron chi connectivity index (χ2n) is 10.9. The highest BCUT2D eigenvalue weighted by Gasteiger charge is 2.05. The maximum atomic E-state index is 12.5. The van der Waals surface area contributed by atoms with Crippen LogP contribution in [-0.2, 0) is 12.2 Å². The maximum Gasteiger partial charge on any atom is 0.177 e. The Bertz CT molecular complexity index is 1930. The van der Waals surface area contributed by atoms with Gasteiger partial charge in [0.1, 0.15) is 0 Å². The van der Waals surface area contributed by atoms with Crippen LogP contribution in [0.25, 0.3) is 39.0 Å². The van der Waals surface area contributed by atoms with Gasteiger partial charge < -0.3 is 0 Å². The largest absolute Gasteiger partial charge is 0.195 e. The first kappa shape index (κ1) is 53.9. The molecule has 0 spiro atoms. The van der Waals surface area contributed by atoms with Gasteiger partial charge in [0.15, 0.2) is 5.13 Å². The van der Waals surface area contributed by atoms with Crippen LogP contribution in [0.2, 0.25) is 0 Å². The summed E-state index contributed by atoms with van der Waals surface area (Å²) in [7, 11) is 0. The number of thiol groups is 1. The molecule has 0 N–H and O–H groups in total. The predicted molar refractivity (Wildman–Crippen MR) is 281 cm³/mol. The summed E-state index contributed by atoms with van der Waals surface area (Å²) >= 11 is 18.1. The van der Waals surface area contributed by atoms with Crippen LogP contribution in [0.1, 0.15) is 103 Å². The predicted octanol–water partition coefficient (Wildman–Crippen LogP) is 21.0. The van der Waals surface area contributed by atoms with Gasteiger partial charge in [-0.05, 0) is 114 Å². The number of unbranched alkanes of at least 4 members (excludes halogenated alkanes) is 3. The second kappa shape index (κ2) is 34.6. The van der Waals surface area contributed by atoms with E-state index in [1.54, 1.807) is 38.9 Å². The lowest BCUT2D eigenvalue weighted by Gasteiger charge is -1.96. The average molecular weight is 948 g/mol. The third-order valence-electron chi connectivity index (χ3n) is 7.13. The molecule has 0 aliphatic carbocycles. The standard InChI is InChI=1S/C14H18S2.C9H8S3.C9H8S2.C8H5FS2.4C2H6/c1-2-3-4-5-7-12-9-10-14(16-12)13-8-6-11-15-13;10-6-7-3-4-9(12-7)8-2-1-5-11-8;1-7-4-5-9(11-7)8-3-2-6-10-8;9-8-4-3-7(11-8)6-2-1-5-10-6;4*1-2/h6,8-11H,2-5,7H2,1H3;1-5,10H,6H2;2-6H,1H3;1-5H;4*1-2H3. The molecule has 0 aromatic carbocycles. The Balaban J connectivity index is 0.000000368. The first-order chi connectivity index (χ1) is 28.5. The van der Waals surface area contributed by atoms with E-state index in [0.29, 0.717) is 0 Å². The summed E-state index contributed by atoms with van der Waals surface area (Å²) in [6.45, 7) is 20.4. The summed E-state index contributed by atoms with van der Waals surface area (Å²) < 4.78 is 12.5. The smallest absolute Gasteiger partial charge is 0.177 e. The molecule has 0 amide bonds. The molecule has 8 heterocycles. The Morgan fingerprint density at radius 1 is 0.431 bits per heavy atom. The first-order valence-electron chi connectivity index (χ1n) is 20.3. The average Bonchev–Trinajstić information content (AvgIpc) is 4.13. The molecule has 0 atom stereocenters. The van der Waals surface area contributed by atoms with Crippen molar-refractivity contribution in [3.05, 3.63) is 138 Å². The van der Waals surface area contributed by atoms with Gasteiger partial charge >= 0.3 is 0 Å². The molecule has 8 aromatic rings. The zero-order chi connectivity index (χ0) is 43.0. The number of rotatable bonds is 10. The van der Waals surface area contributed by atoms with Crippen LogP contribution in [-0.4, -0.2) is 0 Å². The number of thiophene rings is 8. The minimum absolute atomic E-state index is 0.117. The number of hydrogen-bond acceptors (Lipinski definition) is 9. The fraction of sp³-hybridized carbons (Fsp3) is 0.333. The highest BCUT2D eigenvalue weighted by molar-refractivity contribution is 7.79. The molecular weight excluding hydrogens is 884 g/mol. The van der Waals surface area contributed by atoms with Gasteiger partial charge in [-0.1, -0.05) is 106 Å². The third-order valence-corrected chi connectivity index (χ3v) is 16.0. The van der Waals surface area contributed by atoms with Gasteiger partial charge in [0.05, 0.1) is 0 Å². The minimum atomic E-state index is -0.117. The number of aryl methyl sites for hydroxylation is 2. The molecular formula is C48H63FS9. The molecule has 0 aliphatic heterocycles. The summed E-state index contributed by atoms with van der Waals surface area (Å²) in [5.74, 6) is 0.843. The van der Waals surface area contributed by atoms with Crippen LogP contribution >= 0.6 is 103 Å². The first-order valence-corrected chi connectivity index (χ1v) is 27.7. The van der Waals surface area contributed by atoms with Crippen LogP contribution in [0.4, 0.5) is 4.39 Å². The van der Waals surface area contributed by atoms with E-state index in [0.717, 1.165) is 15.5 Å². The van der Waals surface area contributed by atoms with Crippen molar-refractivity contribution in [1.82, 2.24) is 0 Å². The van der Waals surface area contributed by atoms with E-state index in [1.807, 2.05) is 124 Å². The third kappa shape index (κ3) is 20.4. The Morgan fingerprint density at radius 2 is 0.828 bits per heavy atom. The molecule has 10 heteroatoms. The highest BCUT2D eigenvalue weighted by atomic mass is 32.1. The van der Waals surface area contributed by atoms with Gasteiger partial charge in [-0.3, -0.25) is 0 Å². The molecule has 0 saturated heterocycles. The zero-order valence-corrected chi connectivity index (χ0v) is 43.3. The Morgan fingerprint density at radius 3 is 1.17 bits per heavy atom. The van der Waals surface area contributed by atoms with Crippen molar-refractivity contribution in [2.75, 3.05) is 0 Å². The van der Waals surface area contributed by atoms with Gasteiger partial charge in [0, 0.05) is 59.4 Å². The van der Waals surface area contributed by atoms with Gasteiger partial charge in [-0.25, -0.2) is 0 Å². The normalized spacial score (nSPS) is 9.45. The van der Waals surface area contributed by atoms with Crippen LogP contribution in [0, 0.1) is 12.1 Å². The fourth-order valence-corrected chi connectivity index (χ4v) is 11.8. The molecule has 8 rings (SSSR count). The number of halogens is 1. The van der Waals surface area contributed by atoms with Crippen LogP contribution < -0.4 is 0 Å². The van der Waals surface area contributed by atoms with Gasteiger partial charge in [0.2, 0.25) is 0 Å². The van der Waals surface area contributed by atoms with Crippen molar-refractivity contribution < 1.29 is 4.39 Å². The lowest BCUT2D eigenvalue weighted by molar-refractivity contribution is 0.657. The molecule has 58 heavy (non-hydrogen) atoms. The van der Waals surface area contributed by atoms with E-state index < -0.39 is 0 Å². The molecule has 316 valence electrons. The Hall–Kier alpha value is -2.12. The van der Waals surface area contributed by atoms with Gasteiger partial charge in [-0.15, -0.1) is 90.7 Å². The van der Waals surface area contributed by atoms with Crippen LogP contribution in [0.3, 0.4) is 0 Å². The van der Waals surface area contributed by atoms with Crippen molar-refractivity contribution in [2.45, 2.75) is 107 Å². The zero-order valence-electron chi connectivity index (χ0n) is 35.9. The lowest BCUT2D eigenvalue weighted by Crippen LogP contribution is -1.80. The molecule has 8 aromatic heterocycles. The fourth-order valence-electron chi connectivity index (χ4n) is 4.65. The highest BCUT2D eigenvalue weighted by Crippen LogP contribution is 2.34. The summed E-state index contributed by atoms with van der Waals surface area (Å²) in [5.41, 5.74) is 0. The number of hydrogen-bond donors (Lipinski definition) is 1. The van der Waals surface area contributed by atoms with Crippen molar-refractivity contribution >= 4 is 103 Å². The summed E-state index contributed by atoms with van der Waals surface area (Å²) in [4.78, 5) is 14.7. The summed E-state index contributed by atoms with van der Waals surface area (Å²) in [6, 6.07) is 33.3. The molecule has 0 nitrogen and oxygen atoms in total. The maximum absolute atomic E-state index is 12.5. The summed E-state index contributed by atoms with van der Waals surface area (Å²) in [6.07, 6.45) is 6.69. The van der Waals surface area contributed by atoms with E-state index in [-0.39, 0.29) is 5.13 Å². The lowest BCUT2D eigenvalue weighted by atomic mass is 10.1. The SMILES string of the molecule is CC.CC.CC.CC.CCCCCCc1ccc(-c2cccs2)s1.Cc1ccc(-c2cccs2)s1.Fc1ccc(-c2cccs2)s1.SCc1ccc(-c2cccs2)s1. The molecule has 0 bridgehead atoms. The van der Waals surface area contributed by atoms with E-state index in [9.17, 15) is 4.39 Å². The van der Waals surface area contributed by atoms with E-state index in [4.69, 9.17) is 0 Å². The molecule has 0 aliphatic rings. The molecule has 0 unspecified atom stereocenters. The summed E-state index contributed by atoms with van der Waals surface area (Å²) in [5, 5.41) is 8.25.